The largest absolute Gasteiger partial charge is 0.385 e. The molecule has 2 aromatic rings. The third-order valence-electron chi connectivity index (χ3n) is 4.56. The molecule has 1 aromatic carbocycles. The van der Waals surface area contributed by atoms with E-state index in [9.17, 15) is 0 Å². The molecule has 1 saturated carbocycles. The maximum atomic E-state index is 4.51. The Bertz CT molecular complexity index is 660. The van der Waals surface area contributed by atoms with Gasteiger partial charge in [0.25, 0.3) is 0 Å². The van der Waals surface area contributed by atoms with Crippen LogP contribution in [0.3, 0.4) is 0 Å². The molecule has 128 valence electrons. The van der Waals surface area contributed by atoms with Crippen LogP contribution < -0.4 is 5.32 Å². The minimum atomic E-state index is 0. The van der Waals surface area contributed by atoms with Gasteiger partial charge in [-0.25, -0.2) is 0 Å². The number of nitrogens with one attached hydrogen (secondary N) is 1. The Labute approximate surface area is 151 Å². The van der Waals surface area contributed by atoms with Crippen LogP contribution in [0.1, 0.15) is 49.1 Å². The molecule has 1 aromatic heterocycles. The standard InChI is InChI=1S/C21H26N2.ClH/c1-17-7-5-11-20(23-17)14-13-18-10-6-12-21(15-18)22-16-19-8-3-2-4-9-19;/h5-7,10-15,19,22H,2-4,8-9,16H2,1H3;1H. The highest BCUT2D eigenvalue weighted by Crippen LogP contribution is 2.24. The van der Waals surface area contributed by atoms with E-state index in [2.05, 4.69) is 46.7 Å². The number of hydrogen-bond donors (Lipinski definition) is 1. The van der Waals surface area contributed by atoms with Gasteiger partial charge in [0.15, 0.2) is 0 Å². The number of nitrogens with zero attached hydrogens (tertiary/aromatic N) is 1. The third kappa shape index (κ3) is 5.68. The summed E-state index contributed by atoms with van der Waals surface area (Å²) < 4.78 is 0. The minimum Gasteiger partial charge on any atom is -0.385 e. The number of aromatic nitrogens is 1. The first kappa shape index (κ1) is 18.5. The van der Waals surface area contributed by atoms with Crippen molar-refractivity contribution in [1.29, 1.82) is 0 Å². The number of pyridine rings is 1. The summed E-state index contributed by atoms with van der Waals surface area (Å²) in [6.07, 6.45) is 11.2. The zero-order chi connectivity index (χ0) is 15.9. The second kappa shape index (κ2) is 9.48. The van der Waals surface area contributed by atoms with Crippen LogP contribution in [0.4, 0.5) is 5.69 Å². The number of benzene rings is 1. The summed E-state index contributed by atoms with van der Waals surface area (Å²) in [6.45, 7) is 3.12. The highest BCUT2D eigenvalue weighted by Gasteiger charge is 2.12. The molecule has 0 amide bonds. The Hall–Kier alpha value is -1.80. The van der Waals surface area contributed by atoms with E-state index in [1.165, 1.54) is 43.4 Å². The lowest BCUT2D eigenvalue weighted by atomic mass is 9.89. The molecule has 0 atom stereocenters. The van der Waals surface area contributed by atoms with Crippen LogP contribution in [0.25, 0.3) is 12.2 Å². The van der Waals surface area contributed by atoms with Gasteiger partial charge in [0.2, 0.25) is 0 Å². The van der Waals surface area contributed by atoms with Gasteiger partial charge in [-0.05, 0) is 61.6 Å². The van der Waals surface area contributed by atoms with Crippen molar-refractivity contribution in [1.82, 2.24) is 4.98 Å². The Balaban J connectivity index is 0.00000208. The molecule has 0 aliphatic heterocycles. The predicted octanol–water partition coefficient (Wildman–Crippen LogP) is 5.97. The van der Waals surface area contributed by atoms with Crippen molar-refractivity contribution in [2.45, 2.75) is 39.0 Å². The predicted molar refractivity (Wildman–Crippen MR) is 107 cm³/mol. The van der Waals surface area contributed by atoms with Crippen LogP contribution in [0.2, 0.25) is 0 Å². The highest BCUT2D eigenvalue weighted by molar-refractivity contribution is 5.85. The van der Waals surface area contributed by atoms with Gasteiger partial charge in [0, 0.05) is 17.9 Å². The Morgan fingerprint density at radius 3 is 2.62 bits per heavy atom. The van der Waals surface area contributed by atoms with Crippen molar-refractivity contribution in [3.63, 3.8) is 0 Å². The number of halogens is 1. The van der Waals surface area contributed by atoms with Crippen LogP contribution in [0, 0.1) is 12.8 Å². The van der Waals surface area contributed by atoms with E-state index in [-0.39, 0.29) is 12.4 Å². The maximum Gasteiger partial charge on any atom is 0.0633 e. The van der Waals surface area contributed by atoms with E-state index < -0.39 is 0 Å². The monoisotopic (exact) mass is 342 g/mol. The van der Waals surface area contributed by atoms with Crippen molar-refractivity contribution in [2.75, 3.05) is 11.9 Å². The Kier molecular flexibility index (Phi) is 7.33. The van der Waals surface area contributed by atoms with Crippen molar-refractivity contribution in [3.05, 3.63) is 59.4 Å². The summed E-state index contributed by atoms with van der Waals surface area (Å²) in [5, 5.41) is 3.61. The average Bonchev–Trinajstić information content (AvgIpc) is 2.60. The fraction of sp³-hybridized carbons (Fsp3) is 0.381. The number of hydrogen-bond acceptors (Lipinski definition) is 2. The van der Waals surface area contributed by atoms with E-state index >= 15 is 0 Å². The first-order valence-electron chi connectivity index (χ1n) is 8.75. The van der Waals surface area contributed by atoms with Gasteiger partial charge in [-0.2, -0.15) is 0 Å². The van der Waals surface area contributed by atoms with Crippen LogP contribution in [0.5, 0.6) is 0 Å². The second-order valence-electron chi connectivity index (χ2n) is 6.55. The quantitative estimate of drug-likeness (QED) is 0.723. The van der Waals surface area contributed by atoms with E-state index in [0.717, 1.165) is 23.9 Å². The van der Waals surface area contributed by atoms with Crippen molar-refractivity contribution < 1.29 is 0 Å². The van der Waals surface area contributed by atoms with E-state index in [4.69, 9.17) is 0 Å². The van der Waals surface area contributed by atoms with Crippen LogP contribution in [-0.4, -0.2) is 11.5 Å². The van der Waals surface area contributed by atoms with Gasteiger partial charge in [-0.3, -0.25) is 4.98 Å². The van der Waals surface area contributed by atoms with Crippen LogP contribution in [-0.2, 0) is 0 Å². The van der Waals surface area contributed by atoms with Gasteiger partial charge >= 0.3 is 0 Å². The van der Waals surface area contributed by atoms with E-state index in [1.54, 1.807) is 0 Å². The van der Waals surface area contributed by atoms with Crippen LogP contribution in [0.15, 0.2) is 42.5 Å². The summed E-state index contributed by atoms with van der Waals surface area (Å²) in [6, 6.07) is 14.7. The van der Waals surface area contributed by atoms with E-state index in [0.29, 0.717) is 0 Å². The summed E-state index contributed by atoms with van der Waals surface area (Å²) in [5.74, 6) is 0.847. The molecular weight excluding hydrogens is 316 g/mol. The van der Waals surface area contributed by atoms with Crippen molar-refractivity contribution in [3.8, 4) is 0 Å². The Morgan fingerprint density at radius 2 is 1.83 bits per heavy atom. The molecule has 0 spiro atoms. The summed E-state index contributed by atoms with van der Waals surface area (Å²) in [7, 11) is 0. The molecule has 24 heavy (non-hydrogen) atoms. The highest BCUT2D eigenvalue weighted by atomic mass is 35.5. The molecule has 0 bridgehead atoms. The smallest absolute Gasteiger partial charge is 0.0633 e. The second-order valence-corrected chi connectivity index (χ2v) is 6.55. The number of rotatable bonds is 5. The first-order valence-corrected chi connectivity index (χ1v) is 8.75. The normalized spacial score (nSPS) is 15.2. The lowest BCUT2D eigenvalue weighted by Crippen LogP contribution is -2.17. The SMILES string of the molecule is Cc1cccc(C=Cc2cccc(NCC3CCCCC3)c2)n1.Cl. The van der Waals surface area contributed by atoms with Gasteiger partial charge in [-0.1, -0.05) is 43.5 Å². The lowest BCUT2D eigenvalue weighted by molar-refractivity contribution is 0.373. The lowest BCUT2D eigenvalue weighted by Gasteiger charge is -2.22. The molecule has 1 aliphatic rings. The molecule has 1 heterocycles. The van der Waals surface area contributed by atoms with Gasteiger partial charge in [-0.15, -0.1) is 12.4 Å². The summed E-state index contributed by atoms with van der Waals surface area (Å²) in [5.41, 5.74) is 4.48. The number of aryl methyl sites for hydroxylation is 1. The maximum absolute atomic E-state index is 4.51. The van der Waals surface area contributed by atoms with Crippen molar-refractivity contribution >= 4 is 30.2 Å². The molecule has 0 saturated heterocycles. The molecule has 2 nitrogen and oxygen atoms in total. The molecule has 0 unspecified atom stereocenters. The summed E-state index contributed by atoms with van der Waals surface area (Å²) in [4.78, 5) is 4.51. The first-order chi connectivity index (χ1) is 11.3. The fourth-order valence-electron chi connectivity index (χ4n) is 3.24. The minimum absolute atomic E-state index is 0. The topological polar surface area (TPSA) is 24.9 Å². The summed E-state index contributed by atoms with van der Waals surface area (Å²) >= 11 is 0. The zero-order valence-corrected chi connectivity index (χ0v) is 15.2. The van der Waals surface area contributed by atoms with Gasteiger partial charge in [0.05, 0.1) is 5.69 Å². The van der Waals surface area contributed by atoms with Gasteiger partial charge in [0.1, 0.15) is 0 Å². The molecule has 1 aliphatic carbocycles. The average molecular weight is 343 g/mol. The van der Waals surface area contributed by atoms with Gasteiger partial charge < -0.3 is 5.32 Å². The van der Waals surface area contributed by atoms with Crippen LogP contribution >= 0.6 is 12.4 Å². The van der Waals surface area contributed by atoms with Crippen molar-refractivity contribution in [2.24, 2.45) is 5.92 Å². The molecule has 1 N–H and O–H groups in total. The Morgan fingerprint density at radius 1 is 1.04 bits per heavy atom. The third-order valence-corrected chi connectivity index (χ3v) is 4.56. The zero-order valence-electron chi connectivity index (χ0n) is 14.4. The fourth-order valence-corrected chi connectivity index (χ4v) is 3.24. The molecular formula is C21H27ClN2. The number of anilines is 1. The molecule has 0 radical (unpaired) electrons. The molecule has 3 rings (SSSR count). The molecule has 3 heteroatoms. The molecule has 1 fully saturated rings. The van der Waals surface area contributed by atoms with E-state index in [1.807, 2.05) is 25.1 Å².